The number of rotatable bonds is 4. The molecule has 2 heterocycles. The minimum atomic E-state index is -2.02. The maximum atomic E-state index is 11.6. The summed E-state index contributed by atoms with van der Waals surface area (Å²) >= 11 is 0. The minimum Gasteiger partial charge on any atom is -0.136 e. The van der Waals surface area contributed by atoms with E-state index in [9.17, 15) is 4.57 Å². The highest BCUT2D eigenvalue weighted by Crippen LogP contribution is 2.30. The van der Waals surface area contributed by atoms with Crippen molar-refractivity contribution < 1.29 is 13.8 Å². The first-order chi connectivity index (χ1) is 7.84. The first-order valence-corrected chi connectivity index (χ1v) is 7.27. The summed E-state index contributed by atoms with van der Waals surface area (Å²) in [6.45, 7) is 3.46. The van der Waals surface area contributed by atoms with Crippen molar-refractivity contribution in [2.24, 2.45) is 0 Å². The first-order valence-electron chi connectivity index (χ1n) is 6.18. The lowest BCUT2D eigenvalue weighted by Crippen LogP contribution is -2.30. The molecule has 0 saturated carbocycles. The molecule has 0 radical (unpaired) electrons. The first kappa shape index (κ1) is 18.9. The fraction of sp³-hybridized carbons (Fsp3) is 1.00. The summed E-state index contributed by atoms with van der Waals surface area (Å²) in [4.78, 5) is 0. The van der Waals surface area contributed by atoms with Crippen molar-refractivity contribution in [3.63, 3.8) is 0 Å². The molecular weight excluding hydrogens is 387 g/mol. The maximum Gasteiger partial charge on any atom is 0.735 e. The van der Waals surface area contributed by atoms with Crippen LogP contribution in [0.3, 0.4) is 0 Å². The highest BCUT2D eigenvalue weighted by molar-refractivity contribution is 8.93. The number of hydroxylamine groups is 4. The fourth-order valence-corrected chi connectivity index (χ4v) is 2.83. The number of piperidine rings is 2. The summed E-state index contributed by atoms with van der Waals surface area (Å²) < 4.78 is 22.1. The van der Waals surface area contributed by atoms with Crippen LogP contribution in [0.5, 0.6) is 0 Å². The molecule has 8 heteroatoms. The Balaban J connectivity index is 0.00000144. The summed E-state index contributed by atoms with van der Waals surface area (Å²) in [5.41, 5.74) is 0. The van der Waals surface area contributed by atoms with E-state index in [0.29, 0.717) is 0 Å². The average Bonchev–Trinajstić information content (AvgIpc) is 2.31. The van der Waals surface area contributed by atoms with Gasteiger partial charge in [-0.15, -0.1) is 44.1 Å². The Kier molecular flexibility index (Phi) is 11.2. The van der Waals surface area contributed by atoms with E-state index in [1.54, 1.807) is 10.1 Å². The molecule has 2 fully saturated rings. The van der Waals surface area contributed by atoms with Gasteiger partial charge in [0.15, 0.2) is 0 Å². The van der Waals surface area contributed by atoms with Crippen LogP contribution in [0.15, 0.2) is 0 Å². The second-order valence-electron chi connectivity index (χ2n) is 4.37. The minimum absolute atomic E-state index is 0. The quantitative estimate of drug-likeness (QED) is 0.664. The average molecular weight is 409 g/mol. The summed E-state index contributed by atoms with van der Waals surface area (Å²) in [5.74, 6) is 0. The summed E-state index contributed by atoms with van der Waals surface area (Å²) in [6.07, 6.45) is 6.95. The number of hydrogen-bond acceptors (Lipinski definition) is 5. The molecular formula is C10H22Br2N2O3P+. The molecule has 0 aromatic carbocycles. The van der Waals surface area contributed by atoms with Crippen LogP contribution in [-0.2, 0) is 13.8 Å². The predicted octanol–water partition coefficient (Wildman–Crippen LogP) is 3.63. The zero-order chi connectivity index (χ0) is 11.2. The molecule has 0 aromatic rings. The van der Waals surface area contributed by atoms with Crippen LogP contribution in [0.2, 0.25) is 0 Å². The number of nitrogens with zero attached hydrogens (tertiary/aromatic N) is 2. The monoisotopic (exact) mass is 407 g/mol. The predicted molar refractivity (Wildman–Crippen MR) is 81.3 cm³/mol. The number of hydrogen-bond donors (Lipinski definition) is 0. The van der Waals surface area contributed by atoms with Gasteiger partial charge in [-0.05, 0) is 34.9 Å². The molecule has 18 heavy (non-hydrogen) atoms. The molecule has 108 valence electrons. The molecule has 0 bridgehead atoms. The normalized spacial score (nSPS) is 21.8. The van der Waals surface area contributed by atoms with E-state index < -0.39 is 8.25 Å². The van der Waals surface area contributed by atoms with Crippen molar-refractivity contribution in [2.45, 2.75) is 38.5 Å². The van der Waals surface area contributed by atoms with Gasteiger partial charge >= 0.3 is 8.25 Å². The fourth-order valence-electron chi connectivity index (χ4n) is 2.10. The van der Waals surface area contributed by atoms with Gasteiger partial charge in [-0.2, -0.15) is 0 Å². The molecule has 2 aliphatic heterocycles. The standard InChI is InChI=1S/C10H20N2O3P.2BrH/c13-16(14-11-7-3-1-4-8-11)15-12-9-5-2-6-10-12;;/h1-10H2;2*1H/q+1;;. The van der Waals surface area contributed by atoms with Gasteiger partial charge < -0.3 is 0 Å². The zero-order valence-electron chi connectivity index (χ0n) is 10.5. The molecule has 2 saturated heterocycles. The van der Waals surface area contributed by atoms with Crippen molar-refractivity contribution in [1.82, 2.24) is 10.1 Å². The third kappa shape index (κ3) is 6.89. The smallest absolute Gasteiger partial charge is 0.136 e. The third-order valence-corrected chi connectivity index (χ3v) is 3.72. The highest BCUT2D eigenvalue weighted by Gasteiger charge is 2.31. The van der Waals surface area contributed by atoms with Crippen LogP contribution in [0.25, 0.3) is 0 Å². The van der Waals surface area contributed by atoms with Crippen molar-refractivity contribution in [3.8, 4) is 0 Å². The Bertz CT molecular complexity index is 215. The van der Waals surface area contributed by atoms with E-state index in [4.69, 9.17) is 9.25 Å². The molecule has 5 nitrogen and oxygen atoms in total. The van der Waals surface area contributed by atoms with Gasteiger partial charge in [-0.25, -0.2) is 0 Å². The van der Waals surface area contributed by atoms with Crippen LogP contribution >= 0.6 is 42.2 Å². The summed E-state index contributed by atoms with van der Waals surface area (Å²) in [7, 11) is -2.02. The molecule has 2 aliphatic rings. The van der Waals surface area contributed by atoms with Crippen LogP contribution in [-0.4, -0.2) is 36.3 Å². The van der Waals surface area contributed by atoms with E-state index in [1.165, 1.54) is 12.8 Å². The third-order valence-electron chi connectivity index (χ3n) is 2.99. The lowest BCUT2D eigenvalue weighted by molar-refractivity contribution is -0.125. The molecule has 0 aliphatic carbocycles. The largest absolute Gasteiger partial charge is 0.735 e. The molecule has 0 atom stereocenters. The second-order valence-corrected chi connectivity index (χ2v) is 5.14. The van der Waals surface area contributed by atoms with Gasteiger partial charge in [0, 0.05) is 30.7 Å². The Morgan fingerprint density at radius 2 is 1.00 bits per heavy atom. The molecule has 0 spiro atoms. The van der Waals surface area contributed by atoms with E-state index in [1.807, 2.05) is 0 Å². The lowest BCUT2D eigenvalue weighted by atomic mass is 10.2. The molecule has 0 aromatic heterocycles. The van der Waals surface area contributed by atoms with E-state index in [0.717, 1.165) is 51.9 Å². The highest BCUT2D eigenvalue weighted by atomic mass is 79.9. The maximum absolute atomic E-state index is 11.6. The van der Waals surface area contributed by atoms with E-state index in [-0.39, 0.29) is 34.0 Å². The Hall–Kier alpha value is 0.900. The second kappa shape index (κ2) is 10.7. The molecule has 0 amide bonds. The van der Waals surface area contributed by atoms with Crippen LogP contribution in [0, 0.1) is 0 Å². The van der Waals surface area contributed by atoms with Crippen LogP contribution in [0.4, 0.5) is 0 Å². The van der Waals surface area contributed by atoms with Crippen LogP contribution < -0.4 is 0 Å². The van der Waals surface area contributed by atoms with Crippen molar-refractivity contribution in [3.05, 3.63) is 0 Å². The van der Waals surface area contributed by atoms with Gasteiger partial charge in [-0.1, -0.05) is 12.8 Å². The van der Waals surface area contributed by atoms with E-state index in [2.05, 4.69) is 0 Å². The molecule has 2 rings (SSSR count). The van der Waals surface area contributed by atoms with Gasteiger partial charge in [0.2, 0.25) is 0 Å². The van der Waals surface area contributed by atoms with Crippen molar-refractivity contribution in [1.29, 1.82) is 0 Å². The van der Waals surface area contributed by atoms with Gasteiger partial charge in [0.1, 0.15) is 0 Å². The summed E-state index contributed by atoms with van der Waals surface area (Å²) in [6, 6.07) is 0. The van der Waals surface area contributed by atoms with E-state index >= 15 is 0 Å². The van der Waals surface area contributed by atoms with Crippen LogP contribution in [0.1, 0.15) is 38.5 Å². The topological polar surface area (TPSA) is 42.0 Å². The Morgan fingerprint density at radius 3 is 1.33 bits per heavy atom. The Morgan fingerprint density at radius 1 is 0.667 bits per heavy atom. The zero-order valence-corrected chi connectivity index (χ0v) is 14.8. The van der Waals surface area contributed by atoms with Gasteiger partial charge in [0.25, 0.3) is 0 Å². The van der Waals surface area contributed by atoms with Gasteiger partial charge in [0.05, 0.1) is 0 Å². The van der Waals surface area contributed by atoms with Crippen molar-refractivity contribution >= 4 is 42.2 Å². The SMILES string of the molecule is Br.Br.O=[P+](ON1CCCCC1)ON1CCCCC1. The number of halogens is 2. The molecule has 0 unspecified atom stereocenters. The Labute approximate surface area is 131 Å². The summed E-state index contributed by atoms with van der Waals surface area (Å²) in [5, 5.41) is 3.54. The lowest BCUT2D eigenvalue weighted by Gasteiger charge is -2.21. The molecule has 0 N–H and O–H groups in total. The van der Waals surface area contributed by atoms with Crippen molar-refractivity contribution in [2.75, 3.05) is 26.2 Å². The van der Waals surface area contributed by atoms with Gasteiger partial charge in [-0.3, -0.25) is 0 Å².